The normalized spacial score (nSPS) is 32.2. The molecule has 0 radical (unpaired) electrons. The molecule has 3 aliphatic rings. The van der Waals surface area contributed by atoms with Crippen LogP contribution in [0.5, 0.6) is 0 Å². The van der Waals surface area contributed by atoms with E-state index in [1.54, 1.807) is 12.1 Å². The van der Waals surface area contributed by atoms with Gasteiger partial charge in [-0.2, -0.15) is 0 Å². The van der Waals surface area contributed by atoms with Crippen LogP contribution in [0.25, 0.3) is 0 Å². The molecule has 208 valence electrons. The van der Waals surface area contributed by atoms with Crippen LogP contribution in [-0.2, 0) is 25.5 Å². The topological polar surface area (TPSA) is 108 Å². The number of carbonyl (C=O) groups excluding carboxylic acids is 3. The molecule has 7 atom stereocenters. The summed E-state index contributed by atoms with van der Waals surface area (Å²) >= 11 is 0. The van der Waals surface area contributed by atoms with Gasteiger partial charge in [-0.25, -0.2) is 0 Å². The second-order valence-corrected chi connectivity index (χ2v) is 12.6. The number of hydrogen-bond donors (Lipinski definition) is 3. The Morgan fingerprint density at radius 1 is 1.08 bits per heavy atom. The van der Waals surface area contributed by atoms with E-state index < -0.39 is 40.7 Å². The lowest BCUT2D eigenvalue weighted by Crippen LogP contribution is -2.60. The number of amides is 3. The summed E-state index contributed by atoms with van der Waals surface area (Å²) in [6.07, 6.45) is 0.843. The molecule has 0 aromatic heterocycles. The Hall–Kier alpha value is -3.23. The molecule has 8 nitrogen and oxygen atoms in total. The number of benzene rings is 2. The molecule has 3 fully saturated rings. The summed E-state index contributed by atoms with van der Waals surface area (Å²) in [4.78, 5) is 43.9. The molecule has 5 rings (SSSR count). The Morgan fingerprint density at radius 3 is 2.28 bits per heavy atom. The first-order valence-corrected chi connectivity index (χ1v) is 13.8. The predicted molar refractivity (Wildman–Crippen MR) is 148 cm³/mol. The lowest BCUT2D eigenvalue weighted by Gasteiger charge is -2.38. The van der Waals surface area contributed by atoms with Crippen molar-refractivity contribution in [1.29, 1.82) is 0 Å². The van der Waals surface area contributed by atoms with E-state index in [1.807, 2.05) is 83.1 Å². The molecule has 3 amide bonds. The van der Waals surface area contributed by atoms with Gasteiger partial charge in [0.15, 0.2) is 0 Å². The first kappa shape index (κ1) is 27.3. The largest absolute Gasteiger partial charge is 0.394 e. The lowest BCUT2D eigenvalue weighted by molar-refractivity contribution is -0.150. The minimum atomic E-state index is -1.18. The summed E-state index contributed by atoms with van der Waals surface area (Å²) in [6, 6.07) is 17.1. The Balaban J connectivity index is 1.58. The van der Waals surface area contributed by atoms with Crippen molar-refractivity contribution >= 4 is 23.4 Å². The minimum absolute atomic E-state index is 0.0698. The van der Waals surface area contributed by atoms with E-state index in [1.165, 1.54) is 4.90 Å². The zero-order chi connectivity index (χ0) is 28.2. The monoisotopic (exact) mass is 533 g/mol. The van der Waals surface area contributed by atoms with Crippen molar-refractivity contribution in [1.82, 2.24) is 10.2 Å². The molecule has 3 unspecified atom stereocenters. The van der Waals surface area contributed by atoms with Gasteiger partial charge < -0.3 is 25.4 Å². The number of anilines is 1. The number of para-hydroxylation sites is 1. The highest BCUT2D eigenvalue weighted by Gasteiger charge is 2.80. The van der Waals surface area contributed by atoms with Crippen LogP contribution in [0.4, 0.5) is 5.69 Å². The maximum Gasteiger partial charge on any atom is 0.246 e. The van der Waals surface area contributed by atoms with Gasteiger partial charge in [-0.3, -0.25) is 14.4 Å². The van der Waals surface area contributed by atoms with Gasteiger partial charge in [-0.1, -0.05) is 55.5 Å². The highest BCUT2D eigenvalue weighted by atomic mass is 16.5. The standard InChI is InChI=1S/C31H39N3O5/c1-19-17-31-24(23(30(19,5)39-31)26(36)32-21-14-10-7-11-15-21)28(38)34(25(31)27(37)33-29(2,3)4)22(18-35)16-20-12-8-6-9-13-20/h6-15,19,22-25,35H,16-18H2,1-5H3,(H,32,36)(H,33,37)/t19?,22-,23+,24+,25?,30-,31?/m1/s1. The smallest absolute Gasteiger partial charge is 0.246 e. The van der Waals surface area contributed by atoms with Crippen molar-refractivity contribution in [3.8, 4) is 0 Å². The predicted octanol–water partition coefficient (Wildman–Crippen LogP) is 3.15. The highest BCUT2D eigenvalue weighted by molar-refractivity contribution is 6.02. The number of carbonyl (C=O) groups is 3. The van der Waals surface area contributed by atoms with E-state index in [0.717, 1.165) is 5.56 Å². The van der Waals surface area contributed by atoms with Crippen molar-refractivity contribution in [2.45, 2.75) is 76.3 Å². The van der Waals surface area contributed by atoms with Gasteiger partial charge in [-0.15, -0.1) is 0 Å². The Bertz CT molecular complexity index is 1250. The molecule has 8 heteroatoms. The quantitative estimate of drug-likeness (QED) is 0.507. The SMILES string of the molecule is CC1CC23O[C@@]1(C)[C@H](C(=O)Nc1ccccc1)[C@H]2C(=O)N([C@@H](CO)Cc1ccccc1)C3C(=O)NC(C)(C)C. The lowest BCUT2D eigenvalue weighted by atomic mass is 9.62. The minimum Gasteiger partial charge on any atom is -0.394 e. The Morgan fingerprint density at radius 2 is 1.69 bits per heavy atom. The fourth-order valence-electron chi connectivity index (χ4n) is 7.09. The number of aliphatic hydroxyl groups excluding tert-OH is 1. The number of likely N-dealkylation sites (tertiary alicyclic amines) is 1. The number of fused-ring (bicyclic) bond motifs is 1. The molecule has 2 bridgehead atoms. The van der Waals surface area contributed by atoms with Gasteiger partial charge >= 0.3 is 0 Å². The second kappa shape index (κ2) is 9.75. The maximum atomic E-state index is 14.4. The number of hydrogen-bond acceptors (Lipinski definition) is 5. The van der Waals surface area contributed by atoms with Crippen LogP contribution in [0.1, 0.15) is 46.6 Å². The molecule has 39 heavy (non-hydrogen) atoms. The van der Waals surface area contributed by atoms with Crippen molar-refractivity contribution in [3.05, 3.63) is 66.2 Å². The summed E-state index contributed by atoms with van der Waals surface area (Å²) in [5.74, 6) is -2.65. The summed E-state index contributed by atoms with van der Waals surface area (Å²) in [5.41, 5.74) is -1.07. The van der Waals surface area contributed by atoms with Crippen LogP contribution in [0.3, 0.4) is 0 Å². The molecular weight excluding hydrogens is 494 g/mol. The van der Waals surface area contributed by atoms with Gasteiger partial charge in [0.2, 0.25) is 17.7 Å². The second-order valence-electron chi connectivity index (χ2n) is 12.6. The molecular formula is C31H39N3O5. The molecule has 1 spiro atoms. The average Bonchev–Trinajstić information content (AvgIpc) is 3.39. The van der Waals surface area contributed by atoms with Crippen molar-refractivity contribution in [3.63, 3.8) is 0 Å². The molecule has 3 N–H and O–H groups in total. The van der Waals surface area contributed by atoms with Gasteiger partial charge in [-0.05, 0) is 64.2 Å². The zero-order valence-electron chi connectivity index (χ0n) is 23.3. The molecule has 3 saturated heterocycles. The third-order valence-electron chi connectivity index (χ3n) is 8.74. The van der Waals surface area contributed by atoms with Gasteiger partial charge in [0.05, 0.1) is 30.1 Å². The fraction of sp³-hybridized carbons (Fsp3) is 0.516. The summed E-state index contributed by atoms with van der Waals surface area (Å²) in [6.45, 7) is 9.26. The number of nitrogens with one attached hydrogen (secondary N) is 2. The molecule has 0 saturated carbocycles. The van der Waals surface area contributed by atoms with E-state index in [0.29, 0.717) is 18.5 Å². The summed E-state index contributed by atoms with van der Waals surface area (Å²) < 4.78 is 6.78. The number of rotatable bonds is 7. The van der Waals surface area contributed by atoms with Crippen LogP contribution in [-0.4, -0.2) is 63.2 Å². The Kier molecular flexibility index (Phi) is 6.84. The molecule has 3 heterocycles. The van der Waals surface area contributed by atoms with E-state index in [4.69, 9.17) is 4.74 Å². The van der Waals surface area contributed by atoms with E-state index in [9.17, 15) is 19.5 Å². The van der Waals surface area contributed by atoms with Crippen molar-refractivity contribution < 1.29 is 24.2 Å². The molecule has 0 aliphatic carbocycles. The maximum absolute atomic E-state index is 14.4. The van der Waals surface area contributed by atoms with E-state index in [2.05, 4.69) is 10.6 Å². The number of nitrogens with zero attached hydrogens (tertiary/aromatic N) is 1. The van der Waals surface area contributed by atoms with Crippen molar-refractivity contribution in [2.75, 3.05) is 11.9 Å². The van der Waals surface area contributed by atoms with Gasteiger partial charge in [0.25, 0.3) is 0 Å². The number of ether oxygens (including phenoxy) is 1. The van der Waals surface area contributed by atoms with Crippen LogP contribution in [0.2, 0.25) is 0 Å². The first-order chi connectivity index (χ1) is 18.4. The van der Waals surface area contributed by atoms with E-state index >= 15 is 0 Å². The molecule has 2 aromatic carbocycles. The zero-order valence-corrected chi connectivity index (χ0v) is 23.3. The third-order valence-corrected chi connectivity index (χ3v) is 8.74. The highest BCUT2D eigenvalue weighted by Crippen LogP contribution is 2.65. The number of aliphatic hydroxyl groups is 1. The Labute approximate surface area is 230 Å². The third kappa shape index (κ3) is 4.53. The first-order valence-electron chi connectivity index (χ1n) is 13.8. The summed E-state index contributed by atoms with van der Waals surface area (Å²) in [7, 11) is 0. The van der Waals surface area contributed by atoms with Crippen molar-refractivity contribution in [2.24, 2.45) is 17.8 Å². The van der Waals surface area contributed by atoms with Crippen LogP contribution >= 0.6 is 0 Å². The fourth-order valence-corrected chi connectivity index (χ4v) is 7.09. The average molecular weight is 534 g/mol. The van der Waals surface area contributed by atoms with E-state index in [-0.39, 0.29) is 30.2 Å². The van der Waals surface area contributed by atoms with Crippen LogP contribution < -0.4 is 10.6 Å². The van der Waals surface area contributed by atoms with Crippen LogP contribution in [0, 0.1) is 17.8 Å². The molecule has 3 aliphatic heterocycles. The van der Waals surface area contributed by atoms with Crippen LogP contribution in [0.15, 0.2) is 60.7 Å². The van der Waals surface area contributed by atoms with Gasteiger partial charge in [0, 0.05) is 11.2 Å². The molecule has 2 aromatic rings. The summed E-state index contributed by atoms with van der Waals surface area (Å²) in [5, 5.41) is 16.6. The van der Waals surface area contributed by atoms with Gasteiger partial charge in [0.1, 0.15) is 11.6 Å².